The maximum atomic E-state index is 12.7. The molecule has 1 aromatic carbocycles. The third-order valence-electron chi connectivity index (χ3n) is 3.38. The van der Waals surface area contributed by atoms with E-state index in [1.54, 1.807) is 12.3 Å². The molecule has 9 heteroatoms. The van der Waals surface area contributed by atoms with E-state index >= 15 is 0 Å². The zero-order chi connectivity index (χ0) is 15.9. The summed E-state index contributed by atoms with van der Waals surface area (Å²) in [4.78, 5) is 11.3. The Hall–Kier alpha value is -2.13. The minimum Gasteiger partial charge on any atom is -0.410 e. The molecule has 7 nitrogen and oxygen atoms in total. The Morgan fingerprint density at radius 2 is 2.18 bits per heavy atom. The van der Waals surface area contributed by atoms with E-state index in [0.717, 1.165) is 0 Å². The molecular weight excluding hydrogens is 326 g/mol. The van der Waals surface area contributed by atoms with Crippen LogP contribution in [0.5, 0.6) is 5.75 Å². The lowest BCUT2D eigenvalue weighted by atomic mass is 10.2. The average molecular weight is 339 g/mol. The van der Waals surface area contributed by atoms with Crippen molar-refractivity contribution in [3.8, 4) is 5.75 Å². The van der Waals surface area contributed by atoms with Gasteiger partial charge in [-0.1, -0.05) is 0 Å². The highest BCUT2D eigenvalue weighted by atomic mass is 32.2. The Balaban J connectivity index is 2.00. The number of nitrogens with zero attached hydrogens (tertiary/aromatic N) is 2. The van der Waals surface area contributed by atoms with E-state index in [1.807, 2.05) is 0 Å². The molecule has 0 atom stereocenters. The van der Waals surface area contributed by atoms with Crippen LogP contribution in [0.1, 0.15) is 11.3 Å². The first-order valence-electron chi connectivity index (χ1n) is 6.38. The molecular formula is C13H13N3O4S2. The van der Waals surface area contributed by atoms with E-state index in [0.29, 0.717) is 22.7 Å². The van der Waals surface area contributed by atoms with Crippen LogP contribution in [0.4, 0.5) is 10.5 Å². The molecule has 22 heavy (non-hydrogen) atoms. The van der Waals surface area contributed by atoms with Crippen molar-refractivity contribution >= 4 is 33.3 Å². The summed E-state index contributed by atoms with van der Waals surface area (Å²) in [7, 11) is -2.21. The number of rotatable bonds is 3. The van der Waals surface area contributed by atoms with Crippen LogP contribution in [0.25, 0.3) is 0 Å². The van der Waals surface area contributed by atoms with E-state index in [9.17, 15) is 13.2 Å². The lowest BCUT2D eigenvalue weighted by Crippen LogP contribution is -2.32. The average Bonchev–Trinajstić information content (AvgIpc) is 2.91. The fourth-order valence-corrected chi connectivity index (χ4v) is 4.23. The van der Waals surface area contributed by atoms with Crippen molar-refractivity contribution < 1.29 is 17.9 Å². The largest absolute Gasteiger partial charge is 0.412 e. The highest BCUT2D eigenvalue weighted by Crippen LogP contribution is 2.30. The second kappa shape index (κ2) is 5.25. The Morgan fingerprint density at radius 1 is 1.41 bits per heavy atom. The quantitative estimate of drug-likeness (QED) is 0.922. The molecule has 1 amide bonds. The van der Waals surface area contributed by atoms with Gasteiger partial charge in [-0.05, 0) is 36.7 Å². The predicted molar refractivity (Wildman–Crippen MR) is 81.7 cm³/mol. The van der Waals surface area contributed by atoms with Gasteiger partial charge in [0.2, 0.25) is 0 Å². The fraction of sp³-hybridized carbons (Fsp3) is 0.231. The predicted octanol–water partition coefficient (Wildman–Crippen LogP) is 1.88. The minimum atomic E-state index is -3.70. The number of ether oxygens (including phenoxy) is 1. The smallest absolute Gasteiger partial charge is 0.410 e. The molecule has 0 aliphatic carbocycles. The summed E-state index contributed by atoms with van der Waals surface area (Å²) in [6.07, 6.45) is -0.541. The first-order valence-corrected chi connectivity index (χ1v) is 8.66. The number of carbonyl (C=O) groups excluding carboxylic acids is 1. The standard InChI is InChI=1S/C13H13N3O4S2/c1-8-11(7-21-15-8)16(2)22(18,19)10-3-4-12-9(5-10)6-14-13(17)20-12/h3-5,7H,6H2,1-2H3,(H,14,17). The van der Waals surface area contributed by atoms with Gasteiger partial charge in [-0.25, -0.2) is 13.2 Å². The van der Waals surface area contributed by atoms with E-state index in [1.165, 1.54) is 41.1 Å². The summed E-state index contributed by atoms with van der Waals surface area (Å²) in [5, 5.41) is 4.19. The molecule has 0 unspecified atom stereocenters. The van der Waals surface area contributed by atoms with Crippen molar-refractivity contribution in [1.82, 2.24) is 9.69 Å². The van der Waals surface area contributed by atoms with E-state index in [2.05, 4.69) is 9.69 Å². The van der Waals surface area contributed by atoms with Crippen molar-refractivity contribution in [3.63, 3.8) is 0 Å². The van der Waals surface area contributed by atoms with Gasteiger partial charge in [-0.3, -0.25) is 4.31 Å². The lowest BCUT2D eigenvalue weighted by Gasteiger charge is -2.21. The van der Waals surface area contributed by atoms with Crippen LogP contribution in [0.3, 0.4) is 0 Å². The second-order valence-electron chi connectivity index (χ2n) is 4.77. The molecule has 0 saturated heterocycles. The molecule has 0 saturated carbocycles. The molecule has 0 fully saturated rings. The van der Waals surface area contributed by atoms with Gasteiger partial charge in [0.1, 0.15) is 5.75 Å². The first-order chi connectivity index (χ1) is 10.4. The van der Waals surface area contributed by atoms with E-state index < -0.39 is 16.1 Å². The second-order valence-corrected chi connectivity index (χ2v) is 7.37. The number of hydrogen-bond donors (Lipinski definition) is 1. The number of anilines is 1. The topological polar surface area (TPSA) is 88.6 Å². The number of sulfonamides is 1. The van der Waals surface area contributed by atoms with Gasteiger partial charge in [0, 0.05) is 24.5 Å². The maximum absolute atomic E-state index is 12.7. The van der Waals surface area contributed by atoms with Crippen LogP contribution in [0.2, 0.25) is 0 Å². The van der Waals surface area contributed by atoms with Crippen molar-refractivity contribution in [3.05, 3.63) is 34.8 Å². The summed E-state index contributed by atoms with van der Waals surface area (Å²) < 4.78 is 35.7. The molecule has 2 aromatic rings. The molecule has 116 valence electrons. The highest BCUT2D eigenvalue weighted by Gasteiger charge is 2.26. The first kappa shape index (κ1) is 14.8. The van der Waals surface area contributed by atoms with Crippen molar-refractivity contribution in [2.24, 2.45) is 0 Å². The number of fused-ring (bicyclic) bond motifs is 1. The molecule has 0 spiro atoms. The molecule has 1 aromatic heterocycles. The van der Waals surface area contributed by atoms with E-state index in [-0.39, 0.29) is 11.4 Å². The highest BCUT2D eigenvalue weighted by molar-refractivity contribution is 7.92. The van der Waals surface area contributed by atoms with Crippen LogP contribution in [0, 0.1) is 6.92 Å². The lowest BCUT2D eigenvalue weighted by molar-refractivity contribution is 0.194. The van der Waals surface area contributed by atoms with Crippen LogP contribution in [0.15, 0.2) is 28.5 Å². The van der Waals surface area contributed by atoms with Crippen LogP contribution >= 0.6 is 11.5 Å². The Bertz CT molecular complexity index is 845. The molecule has 3 rings (SSSR count). The number of benzene rings is 1. The summed E-state index contributed by atoms with van der Waals surface area (Å²) in [5.74, 6) is 0.374. The third-order valence-corrected chi connectivity index (χ3v) is 5.86. The normalized spacial score (nSPS) is 14.0. The molecule has 1 aliphatic rings. The zero-order valence-electron chi connectivity index (χ0n) is 11.9. The van der Waals surface area contributed by atoms with Gasteiger partial charge in [-0.2, -0.15) is 4.37 Å². The molecule has 1 aliphatic heterocycles. The summed E-state index contributed by atoms with van der Waals surface area (Å²) in [6, 6.07) is 4.43. The Labute approximate surface area is 131 Å². The van der Waals surface area contributed by atoms with Crippen molar-refractivity contribution in [2.75, 3.05) is 11.4 Å². The van der Waals surface area contributed by atoms with Gasteiger partial charge in [0.15, 0.2) is 0 Å². The van der Waals surface area contributed by atoms with Gasteiger partial charge >= 0.3 is 6.09 Å². The van der Waals surface area contributed by atoms with Crippen molar-refractivity contribution in [2.45, 2.75) is 18.4 Å². The summed E-state index contributed by atoms with van der Waals surface area (Å²) in [6.45, 7) is 1.99. The van der Waals surface area contributed by atoms with Crippen molar-refractivity contribution in [1.29, 1.82) is 0 Å². The molecule has 0 bridgehead atoms. The Kier molecular flexibility index (Phi) is 3.53. The van der Waals surface area contributed by atoms with Gasteiger partial charge in [0.05, 0.1) is 16.3 Å². The number of carbonyl (C=O) groups is 1. The van der Waals surface area contributed by atoms with Crippen LogP contribution in [-0.2, 0) is 16.6 Å². The van der Waals surface area contributed by atoms with Crippen LogP contribution < -0.4 is 14.4 Å². The number of aryl methyl sites for hydroxylation is 1. The number of aromatic nitrogens is 1. The number of hydrogen-bond acceptors (Lipinski definition) is 6. The zero-order valence-corrected chi connectivity index (χ0v) is 13.5. The minimum absolute atomic E-state index is 0.138. The number of nitrogens with one attached hydrogen (secondary N) is 1. The molecule has 0 radical (unpaired) electrons. The maximum Gasteiger partial charge on any atom is 0.412 e. The SMILES string of the molecule is Cc1nscc1N(C)S(=O)(=O)c1ccc2c(c1)CNC(=O)O2. The Morgan fingerprint density at radius 3 is 2.86 bits per heavy atom. The van der Waals surface area contributed by atoms with E-state index in [4.69, 9.17) is 4.74 Å². The molecule has 1 N–H and O–H groups in total. The monoisotopic (exact) mass is 339 g/mol. The fourth-order valence-electron chi connectivity index (χ4n) is 2.13. The van der Waals surface area contributed by atoms with Gasteiger partial charge in [0.25, 0.3) is 10.0 Å². The number of amides is 1. The summed E-state index contributed by atoms with van der Waals surface area (Å²) in [5.41, 5.74) is 1.83. The summed E-state index contributed by atoms with van der Waals surface area (Å²) >= 11 is 1.21. The van der Waals surface area contributed by atoms with Gasteiger partial charge < -0.3 is 10.1 Å². The third kappa shape index (κ3) is 2.42. The van der Waals surface area contributed by atoms with Crippen LogP contribution in [-0.4, -0.2) is 25.9 Å². The molecule has 2 heterocycles. The van der Waals surface area contributed by atoms with Gasteiger partial charge in [-0.15, -0.1) is 0 Å².